The van der Waals surface area contributed by atoms with E-state index in [0.29, 0.717) is 32.9 Å². The van der Waals surface area contributed by atoms with Crippen LogP contribution in [-0.4, -0.2) is 78.5 Å². The molecule has 0 aromatic heterocycles. The van der Waals surface area contributed by atoms with Crippen LogP contribution in [0, 0.1) is 0 Å². The Kier molecular flexibility index (Phi) is 4.03. The minimum atomic E-state index is -1.02. The second-order valence-electron chi connectivity index (χ2n) is 4.52. The molecule has 2 unspecified atom stereocenters. The lowest BCUT2D eigenvalue weighted by atomic mass is 10.2. The second kappa shape index (κ2) is 5.53. The summed E-state index contributed by atoms with van der Waals surface area (Å²) in [7, 11) is 0. The van der Waals surface area contributed by atoms with Gasteiger partial charge in [0.1, 0.15) is 0 Å². The van der Waals surface area contributed by atoms with E-state index in [0.717, 1.165) is 0 Å². The summed E-state index contributed by atoms with van der Waals surface area (Å²) in [6, 6.07) is -1.15. The SMILES string of the molecule is CC1COCCN1C(=O)N1CCOCC1C(=O)O. The fourth-order valence-corrected chi connectivity index (χ4v) is 2.21. The summed E-state index contributed by atoms with van der Waals surface area (Å²) in [5.41, 5.74) is 0. The molecule has 0 radical (unpaired) electrons. The van der Waals surface area contributed by atoms with Crippen molar-refractivity contribution in [3.05, 3.63) is 0 Å². The van der Waals surface area contributed by atoms with E-state index < -0.39 is 12.0 Å². The number of ether oxygens (including phenoxy) is 2. The number of hydrogen-bond acceptors (Lipinski definition) is 4. The largest absolute Gasteiger partial charge is 0.480 e. The molecule has 2 aliphatic rings. The smallest absolute Gasteiger partial charge is 0.328 e. The maximum absolute atomic E-state index is 12.4. The van der Waals surface area contributed by atoms with Crippen molar-refractivity contribution in [3.8, 4) is 0 Å². The van der Waals surface area contributed by atoms with E-state index in [1.54, 1.807) is 4.90 Å². The van der Waals surface area contributed by atoms with Gasteiger partial charge >= 0.3 is 12.0 Å². The Balaban J connectivity index is 2.07. The molecule has 2 fully saturated rings. The highest BCUT2D eigenvalue weighted by Gasteiger charge is 2.37. The molecule has 2 heterocycles. The standard InChI is InChI=1S/C11H18N2O5/c1-8-6-17-4-2-12(8)11(16)13-3-5-18-7-9(13)10(14)15/h8-9H,2-7H2,1H3,(H,14,15). The number of rotatable bonds is 1. The van der Waals surface area contributed by atoms with E-state index >= 15 is 0 Å². The van der Waals surface area contributed by atoms with Crippen LogP contribution < -0.4 is 0 Å². The fourth-order valence-electron chi connectivity index (χ4n) is 2.21. The zero-order valence-corrected chi connectivity index (χ0v) is 10.4. The number of urea groups is 1. The van der Waals surface area contributed by atoms with Crippen molar-refractivity contribution in [2.75, 3.05) is 39.5 Å². The highest BCUT2D eigenvalue weighted by Crippen LogP contribution is 2.15. The highest BCUT2D eigenvalue weighted by atomic mass is 16.5. The number of hydrogen-bond donors (Lipinski definition) is 1. The minimum Gasteiger partial charge on any atom is -0.480 e. The van der Waals surface area contributed by atoms with Crippen LogP contribution in [0.1, 0.15) is 6.92 Å². The number of nitrogens with zero attached hydrogens (tertiary/aromatic N) is 2. The molecular weight excluding hydrogens is 240 g/mol. The van der Waals surface area contributed by atoms with Gasteiger partial charge in [-0.15, -0.1) is 0 Å². The first-order valence-corrected chi connectivity index (χ1v) is 6.07. The zero-order valence-electron chi connectivity index (χ0n) is 10.4. The molecule has 7 nitrogen and oxygen atoms in total. The molecule has 0 aromatic carbocycles. The Morgan fingerprint density at radius 1 is 1.11 bits per heavy atom. The van der Waals surface area contributed by atoms with Crippen LogP contribution in [0.4, 0.5) is 4.79 Å². The van der Waals surface area contributed by atoms with Crippen molar-refractivity contribution >= 4 is 12.0 Å². The molecule has 2 saturated heterocycles. The number of carbonyl (C=O) groups excluding carboxylic acids is 1. The van der Waals surface area contributed by atoms with Gasteiger partial charge in [-0.25, -0.2) is 9.59 Å². The quantitative estimate of drug-likeness (QED) is 0.693. The first-order chi connectivity index (χ1) is 8.61. The Bertz CT molecular complexity index is 335. The van der Waals surface area contributed by atoms with Gasteiger partial charge in [0.05, 0.1) is 32.5 Å². The molecule has 2 aliphatic heterocycles. The van der Waals surface area contributed by atoms with E-state index in [4.69, 9.17) is 14.6 Å². The lowest BCUT2D eigenvalue weighted by molar-refractivity contribution is -0.148. The lowest BCUT2D eigenvalue weighted by Crippen LogP contribution is -2.59. The number of carboxylic acids is 1. The van der Waals surface area contributed by atoms with Crippen molar-refractivity contribution in [1.29, 1.82) is 0 Å². The van der Waals surface area contributed by atoms with Crippen LogP contribution in [0.15, 0.2) is 0 Å². The lowest BCUT2D eigenvalue weighted by Gasteiger charge is -2.40. The Hall–Kier alpha value is -1.34. The van der Waals surface area contributed by atoms with Gasteiger partial charge in [0.2, 0.25) is 0 Å². The molecule has 7 heteroatoms. The van der Waals surface area contributed by atoms with Crippen molar-refractivity contribution in [2.24, 2.45) is 0 Å². The third kappa shape index (κ3) is 2.56. The summed E-state index contributed by atoms with van der Waals surface area (Å²) in [5, 5.41) is 9.10. The van der Waals surface area contributed by atoms with E-state index in [1.807, 2.05) is 6.92 Å². The molecule has 2 rings (SSSR count). The predicted octanol–water partition coefficient (Wildman–Crippen LogP) is -0.387. The maximum atomic E-state index is 12.4. The average molecular weight is 258 g/mol. The van der Waals surface area contributed by atoms with E-state index in [-0.39, 0.29) is 18.7 Å². The van der Waals surface area contributed by atoms with Crippen LogP contribution in [0.5, 0.6) is 0 Å². The number of aliphatic carboxylic acids is 1. The minimum absolute atomic E-state index is 0.0245. The average Bonchev–Trinajstić information content (AvgIpc) is 2.38. The van der Waals surface area contributed by atoms with Crippen LogP contribution in [-0.2, 0) is 14.3 Å². The highest BCUT2D eigenvalue weighted by molar-refractivity contribution is 5.83. The molecule has 2 amide bonds. The molecule has 0 saturated carbocycles. The van der Waals surface area contributed by atoms with Gasteiger partial charge in [-0.05, 0) is 6.92 Å². The van der Waals surface area contributed by atoms with Gasteiger partial charge in [0.25, 0.3) is 0 Å². The Morgan fingerprint density at radius 2 is 1.72 bits per heavy atom. The molecule has 1 N–H and O–H groups in total. The Morgan fingerprint density at radius 3 is 2.33 bits per heavy atom. The van der Waals surface area contributed by atoms with Crippen molar-refractivity contribution in [1.82, 2.24) is 9.80 Å². The zero-order chi connectivity index (χ0) is 13.1. The van der Waals surface area contributed by atoms with Gasteiger partial charge < -0.3 is 24.4 Å². The first-order valence-electron chi connectivity index (χ1n) is 6.07. The molecule has 18 heavy (non-hydrogen) atoms. The van der Waals surface area contributed by atoms with Gasteiger partial charge in [-0.3, -0.25) is 0 Å². The van der Waals surface area contributed by atoms with Crippen molar-refractivity contribution < 1.29 is 24.2 Å². The van der Waals surface area contributed by atoms with Gasteiger partial charge in [-0.2, -0.15) is 0 Å². The summed E-state index contributed by atoms with van der Waals surface area (Å²) in [5.74, 6) is -1.02. The molecule has 0 aliphatic carbocycles. The monoisotopic (exact) mass is 258 g/mol. The number of carbonyl (C=O) groups is 2. The van der Waals surface area contributed by atoms with E-state index in [1.165, 1.54) is 4.90 Å². The van der Waals surface area contributed by atoms with Crippen LogP contribution in [0.3, 0.4) is 0 Å². The third-order valence-electron chi connectivity index (χ3n) is 3.27. The fraction of sp³-hybridized carbons (Fsp3) is 0.818. The molecule has 0 aromatic rings. The maximum Gasteiger partial charge on any atom is 0.328 e. The van der Waals surface area contributed by atoms with Crippen LogP contribution >= 0.6 is 0 Å². The van der Waals surface area contributed by atoms with Crippen molar-refractivity contribution in [2.45, 2.75) is 19.0 Å². The van der Waals surface area contributed by atoms with E-state index in [9.17, 15) is 9.59 Å². The third-order valence-corrected chi connectivity index (χ3v) is 3.27. The van der Waals surface area contributed by atoms with Crippen LogP contribution in [0.2, 0.25) is 0 Å². The topological polar surface area (TPSA) is 79.3 Å². The molecule has 0 bridgehead atoms. The molecular formula is C11H18N2O5. The predicted molar refractivity (Wildman–Crippen MR) is 61.3 cm³/mol. The molecule has 102 valence electrons. The summed E-state index contributed by atoms with van der Waals surface area (Å²) >= 11 is 0. The van der Waals surface area contributed by atoms with Gasteiger partial charge in [0.15, 0.2) is 6.04 Å². The Labute approximate surface area is 105 Å². The van der Waals surface area contributed by atoms with Crippen LogP contribution in [0.25, 0.3) is 0 Å². The number of carboxylic acid groups (broad SMARTS) is 1. The van der Waals surface area contributed by atoms with Gasteiger partial charge in [-0.1, -0.05) is 0 Å². The number of amides is 2. The normalized spacial score (nSPS) is 29.2. The van der Waals surface area contributed by atoms with E-state index in [2.05, 4.69) is 0 Å². The summed E-state index contributed by atoms with van der Waals surface area (Å²) in [4.78, 5) is 26.5. The second-order valence-corrected chi connectivity index (χ2v) is 4.52. The summed E-state index contributed by atoms with van der Waals surface area (Å²) < 4.78 is 10.4. The number of morpholine rings is 2. The summed E-state index contributed by atoms with van der Waals surface area (Å²) in [6.45, 7) is 4.15. The summed E-state index contributed by atoms with van der Waals surface area (Å²) in [6.07, 6.45) is 0. The molecule has 0 spiro atoms. The molecule has 2 atom stereocenters. The first kappa shape index (κ1) is 13.1. The van der Waals surface area contributed by atoms with Gasteiger partial charge in [0, 0.05) is 13.1 Å². The van der Waals surface area contributed by atoms with Crippen molar-refractivity contribution in [3.63, 3.8) is 0 Å².